The average molecular weight is 260 g/mol. The first kappa shape index (κ1) is 12.9. The van der Waals surface area contributed by atoms with Crippen LogP contribution in [0.1, 0.15) is 34.1 Å². The van der Waals surface area contributed by atoms with E-state index in [4.69, 9.17) is 0 Å². The van der Waals surface area contributed by atoms with E-state index in [1.807, 2.05) is 0 Å². The minimum absolute atomic E-state index is 0.218. The molecule has 1 heterocycles. The summed E-state index contributed by atoms with van der Waals surface area (Å²) in [5.41, 5.74) is 0.964. The molecule has 0 fully saturated rings. The average Bonchev–Trinajstić information content (AvgIpc) is 2.53. The zero-order chi connectivity index (χ0) is 14.2. The van der Waals surface area contributed by atoms with Gasteiger partial charge in [-0.25, -0.2) is 0 Å². The summed E-state index contributed by atoms with van der Waals surface area (Å²) in [6.07, 6.45) is -0.218. The molecule has 3 amide bonds. The summed E-state index contributed by atoms with van der Waals surface area (Å²) in [6.45, 7) is 1.32. The highest BCUT2D eigenvalue weighted by Gasteiger charge is 2.32. The molecule has 0 aromatic heterocycles. The zero-order valence-electron chi connectivity index (χ0n) is 10.5. The lowest BCUT2D eigenvalue weighted by Gasteiger charge is -2.05. The van der Waals surface area contributed by atoms with Crippen molar-refractivity contribution in [2.24, 2.45) is 0 Å². The van der Waals surface area contributed by atoms with Gasteiger partial charge in [-0.1, -0.05) is 0 Å². The summed E-state index contributed by atoms with van der Waals surface area (Å²) < 4.78 is 0. The fourth-order valence-electron chi connectivity index (χ4n) is 1.87. The molecule has 0 spiro atoms. The van der Waals surface area contributed by atoms with E-state index < -0.39 is 11.8 Å². The number of ketones is 1. The molecule has 0 radical (unpaired) electrons. The van der Waals surface area contributed by atoms with Gasteiger partial charge < -0.3 is 5.32 Å². The molecule has 1 aromatic carbocycles. The van der Waals surface area contributed by atoms with Crippen molar-refractivity contribution in [2.45, 2.75) is 13.3 Å². The highest BCUT2D eigenvalue weighted by atomic mass is 16.2. The Morgan fingerprint density at radius 1 is 1.16 bits per heavy atom. The van der Waals surface area contributed by atoms with Gasteiger partial charge in [-0.3, -0.25) is 24.1 Å². The van der Waals surface area contributed by atoms with Crippen LogP contribution in [-0.2, 0) is 9.59 Å². The number of benzene rings is 1. The molecule has 0 saturated heterocycles. The topological polar surface area (TPSA) is 83.6 Å². The second-order valence-electron chi connectivity index (χ2n) is 4.36. The van der Waals surface area contributed by atoms with Crippen molar-refractivity contribution in [1.82, 2.24) is 4.90 Å². The molecular formula is C13H12N2O4. The number of Topliss-reactive ketones (excluding diaryl/α,β-unsaturated/α-hetero) is 1. The maximum absolute atomic E-state index is 11.8. The highest BCUT2D eigenvalue weighted by Crippen LogP contribution is 2.24. The minimum atomic E-state index is -0.447. The van der Waals surface area contributed by atoms with Gasteiger partial charge in [0.1, 0.15) is 5.78 Å². The van der Waals surface area contributed by atoms with Gasteiger partial charge in [0.05, 0.1) is 17.5 Å². The number of rotatable bonds is 3. The summed E-state index contributed by atoms with van der Waals surface area (Å²) in [4.78, 5) is 46.7. The quantitative estimate of drug-likeness (QED) is 0.644. The fourth-order valence-corrected chi connectivity index (χ4v) is 1.87. The van der Waals surface area contributed by atoms with Gasteiger partial charge >= 0.3 is 0 Å². The molecule has 0 atom stereocenters. The molecule has 98 valence electrons. The summed E-state index contributed by atoms with van der Waals surface area (Å²) in [5, 5.41) is 2.51. The van der Waals surface area contributed by atoms with Crippen LogP contribution >= 0.6 is 0 Å². The predicted molar refractivity (Wildman–Crippen MR) is 66.8 cm³/mol. The number of anilines is 1. The summed E-state index contributed by atoms with van der Waals surface area (Å²) in [5.74, 6) is -1.45. The molecule has 0 saturated carbocycles. The lowest BCUT2D eigenvalue weighted by Crippen LogP contribution is -2.24. The van der Waals surface area contributed by atoms with Crippen LogP contribution in [0.2, 0.25) is 0 Å². The maximum atomic E-state index is 11.8. The van der Waals surface area contributed by atoms with Gasteiger partial charge in [0.25, 0.3) is 11.8 Å². The first-order valence-corrected chi connectivity index (χ1v) is 5.66. The SMILES string of the molecule is CC(=O)CC(=O)Nc1ccc2c(c1)C(=O)N(C)C2=O. The number of imide groups is 1. The van der Waals surface area contributed by atoms with Gasteiger partial charge in [0, 0.05) is 12.7 Å². The van der Waals surface area contributed by atoms with Crippen LogP contribution in [0.4, 0.5) is 5.69 Å². The minimum Gasteiger partial charge on any atom is -0.326 e. The van der Waals surface area contributed by atoms with E-state index in [-0.39, 0.29) is 23.7 Å². The van der Waals surface area contributed by atoms with Crippen LogP contribution in [0.5, 0.6) is 0 Å². The van der Waals surface area contributed by atoms with Crippen LogP contribution in [0.3, 0.4) is 0 Å². The predicted octanol–water partition coefficient (Wildman–Crippen LogP) is 0.830. The number of nitrogens with zero attached hydrogens (tertiary/aromatic N) is 1. The van der Waals surface area contributed by atoms with E-state index in [2.05, 4.69) is 5.32 Å². The van der Waals surface area contributed by atoms with Gasteiger partial charge in [-0.05, 0) is 25.1 Å². The number of fused-ring (bicyclic) bond motifs is 1. The van der Waals surface area contributed by atoms with Crippen LogP contribution in [0.25, 0.3) is 0 Å². The van der Waals surface area contributed by atoms with Crippen molar-refractivity contribution in [3.8, 4) is 0 Å². The van der Waals surface area contributed by atoms with E-state index in [1.54, 1.807) is 0 Å². The lowest BCUT2D eigenvalue weighted by atomic mass is 10.1. The molecule has 2 rings (SSSR count). The van der Waals surface area contributed by atoms with Gasteiger partial charge in [-0.2, -0.15) is 0 Å². The van der Waals surface area contributed by atoms with Gasteiger partial charge in [0.2, 0.25) is 5.91 Å². The fraction of sp³-hybridized carbons (Fsp3) is 0.231. The third-order valence-electron chi connectivity index (χ3n) is 2.78. The smallest absolute Gasteiger partial charge is 0.261 e. The van der Waals surface area contributed by atoms with Crippen LogP contribution in [-0.4, -0.2) is 35.5 Å². The molecule has 1 aromatic rings. The Bertz CT molecular complexity index is 607. The number of carbonyl (C=O) groups excluding carboxylic acids is 4. The molecule has 6 nitrogen and oxygen atoms in total. The monoisotopic (exact) mass is 260 g/mol. The lowest BCUT2D eigenvalue weighted by molar-refractivity contribution is -0.124. The van der Waals surface area contributed by atoms with Gasteiger partial charge in [-0.15, -0.1) is 0 Å². The van der Waals surface area contributed by atoms with E-state index in [1.165, 1.54) is 32.2 Å². The second kappa shape index (κ2) is 4.64. The molecule has 1 aliphatic rings. The third kappa shape index (κ3) is 2.37. The normalized spacial score (nSPS) is 13.5. The second-order valence-corrected chi connectivity index (χ2v) is 4.36. The number of nitrogens with one attached hydrogen (secondary N) is 1. The summed E-state index contributed by atoms with van der Waals surface area (Å²) in [7, 11) is 1.40. The number of hydrogen-bond acceptors (Lipinski definition) is 4. The van der Waals surface area contributed by atoms with Crippen molar-refractivity contribution in [3.63, 3.8) is 0 Å². The Labute approximate surface area is 109 Å². The van der Waals surface area contributed by atoms with Crippen molar-refractivity contribution in [1.29, 1.82) is 0 Å². The number of amides is 3. The van der Waals surface area contributed by atoms with Crippen molar-refractivity contribution in [2.75, 3.05) is 12.4 Å². The van der Waals surface area contributed by atoms with Crippen molar-refractivity contribution >= 4 is 29.2 Å². The largest absolute Gasteiger partial charge is 0.326 e. The van der Waals surface area contributed by atoms with Crippen LogP contribution < -0.4 is 5.32 Å². The first-order chi connectivity index (χ1) is 8.90. The highest BCUT2D eigenvalue weighted by molar-refractivity contribution is 6.21. The zero-order valence-corrected chi connectivity index (χ0v) is 10.5. The Balaban J connectivity index is 2.24. The Morgan fingerprint density at radius 3 is 2.42 bits per heavy atom. The molecular weight excluding hydrogens is 248 g/mol. The van der Waals surface area contributed by atoms with Gasteiger partial charge in [0.15, 0.2) is 0 Å². The van der Waals surface area contributed by atoms with Crippen molar-refractivity contribution in [3.05, 3.63) is 29.3 Å². The van der Waals surface area contributed by atoms with E-state index in [9.17, 15) is 19.2 Å². The molecule has 0 aliphatic carbocycles. The van der Waals surface area contributed by atoms with Crippen LogP contribution in [0, 0.1) is 0 Å². The van der Waals surface area contributed by atoms with E-state index >= 15 is 0 Å². The molecule has 0 bridgehead atoms. The van der Waals surface area contributed by atoms with E-state index in [0.29, 0.717) is 11.3 Å². The summed E-state index contributed by atoms with van der Waals surface area (Å²) in [6, 6.07) is 4.46. The Kier molecular flexibility index (Phi) is 3.16. The third-order valence-corrected chi connectivity index (χ3v) is 2.78. The molecule has 1 aliphatic heterocycles. The van der Waals surface area contributed by atoms with Crippen molar-refractivity contribution < 1.29 is 19.2 Å². The molecule has 19 heavy (non-hydrogen) atoms. The number of hydrogen-bond donors (Lipinski definition) is 1. The summed E-state index contributed by atoms with van der Waals surface area (Å²) >= 11 is 0. The first-order valence-electron chi connectivity index (χ1n) is 5.66. The number of carbonyl (C=O) groups is 4. The standard InChI is InChI=1S/C13H12N2O4/c1-7(16)5-11(17)14-8-3-4-9-10(6-8)13(19)15(2)12(9)18/h3-4,6H,5H2,1-2H3,(H,14,17). The molecule has 6 heteroatoms. The Morgan fingerprint density at radius 2 is 1.79 bits per heavy atom. The maximum Gasteiger partial charge on any atom is 0.261 e. The molecule has 1 N–H and O–H groups in total. The van der Waals surface area contributed by atoms with E-state index in [0.717, 1.165) is 4.90 Å². The molecule has 0 unspecified atom stereocenters. The van der Waals surface area contributed by atoms with Crippen LogP contribution in [0.15, 0.2) is 18.2 Å². The Hall–Kier alpha value is -2.50.